The first-order valence-corrected chi connectivity index (χ1v) is 9.66. The number of carbonyl (C=O) groups excluding carboxylic acids is 2. The number of anilines is 1. The Balaban J connectivity index is 2.42. The monoisotopic (exact) mass is 507 g/mol. The molecule has 0 bridgehead atoms. The van der Waals surface area contributed by atoms with Crippen molar-refractivity contribution in [3.63, 3.8) is 0 Å². The van der Waals surface area contributed by atoms with Crippen LogP contribution in [0, 0.1) is 10.5 Å². The third kappa shape index (κ3) is 5.30. The SMILES string of the molecule is COC(=O)c1ccc(I)cc1S(=O)(O)=NC(=O)Nc1nc(C)nc(OC)n1. The van der Waals surface area contributed by atoms with Gasteiger partial charge in [-0.25, -0.2) is 13.8 Å². The van der Waals surface area contributed by atoms with E-state index in [1.807, 2.05) is 22.6 Å². The van der Waals surface area contributed by atoms with Crippen molar-refractivity contribution < 1.29 is 27.8 Å². The van der Waals surface area contributed by atoms with Crippen LogP contribution in [0.5, 0.6) is 6.01 Å². The van der Waals surface area contributed by atoms with E-state index in [4.69, 9.17) is 4.74 Å². The fourth-order valence-corrected chi connectivity index (χ4v) is 3.67. The van der Waals surface area contributed by atoms with Gasteiger partial charge in [0.2, 0.25) is 16.0 Å². The predicted molar refractivity (Wildman–Crippen MR) is 102 cm³/mol. The van der Waals surface area contributed by atoms with Crippen LogP contribution < -0.4 is 10.1 Å². The van der Waals surface area contributed by atoms with Gasteiger partial charge in [-0.3, -0.25) is 9.87 Å². The van der Waals surface area contributed by atoms with Crippen molar-refractivity contribution in [2.75, 3.05) is 19.5 Å². The molecule has 1 aromatic carbocycles. The largest absolute Gasteiger partial charge is 0.467 e. The van der Waals surface area contributed by atoms with Gasteiger partial charge < -0.3 is 9.47 Å². The fourth-order valence-electron chi connectivity index (χ4n) is 1.88. The number of nitrogens with zero attached hydrogens (tertiary/aromatic N) is 4. The second-order valence-electron chi connectivity index (χ2n) is 4.84. The molecule has 1 unspecified atom stereocenters. The number of esters is 1. The van der Waals surface area contributed by atoms with E-state index in [1.54, 1.807) is 13.0 Å². The number of urea groups is 1. The lowest BCUT2D eigenvalue weighted by molar-refractivity contribution is 0.0596. The van der Waals surface area contributed by atoms with Crippen molar-refractivity contribution in [1.29, 1.82) is 0 Å². The van der Waals surface area contributed by atoms with E-state index in [1.165, 1.54) is 19.2 Å². The average molecular weight is 507 g/mol. The van der Waals surface area contributed by atoms with Gasteiger partial charge in [-0.2, -0.15) is 15.0 Å². The molecular formula is C14H14IN5O6S. The van der Waals surface area contributed by atoms with Crippen LogP contribution in [0.1, 0.15) is 16.2 Å². The minimum atomic E-state index is -4.26. The van der Waals surface area contributed by atoms with Gasteiger partial charge in [0.1, 0.15) is 5.82 Å². The van der Waals surface area contributed by atoms with Crippen molar-refractivity contribution in [1.82, 2.24) is 15.0 Å². The molecule has 1 atom stereocenters. The number of aryl methyl sites for hydroxylation is 1. The van der Waals surface area contributed by atoms with Crippen molar-refractivity contribution in [3.05, 3.63) is 33.2 Å². The highest BCUT2D eigenvalue weighted by Gasteiger charge is 2.22. The highest BCUT2D eigenvalue weighted by molar-refractivity contribution is 14.1. The minimum Gasteiger partial charge on any atom is -0.467 e. The summed E-state index contributed by atoms with van der Waals surface area (Å²) in [7, 11) is -1.80. The van der Waals surface area contributed by atoms with Gasteiger partial charge in [-0.05, 0) is 47.7 Å². The summed E-state index contributed by atoms with van der Waals surface area (Å²) in [5, 5.41) is 2.16. The second-order valence-corrected chi connectivity index (χ2v) is 7.70. The van der Waals surface area contributed by atoms with E-state index in [9.17, 15) is 18.4 Å². The van der Waals surface area contributed by atoms with Crippen LogP contribution in [0.2, 0.25) is 0 Å². The lowest BCUT2D eigenvalue weighted by Gasteiger charge is -2.09. The van der Waals surface area contributed by atoms with Crippen molar-refractivity contribution in [3.8, 4) is 6.01 Å². The molecule has 144 valence electrons. The van der Waals surface area contributed by atoms with Crippen LogP contribution in [-0.4, -0.2) is 49.9 Å². The summed E-state index contributed by atoms with van der Waals surface area (Å²) in [5.41, 5.74) is -0.181. The maximum atomic E-state index is 12.6. The number of carbonyl (C=O) groups is 2. The molecule has 0 fully saturated rings. The Hall–Kier alpha value is -2.39. The first-order chi connectivity index (χ1) is 12.7. The van der Waals surface area contributed by atoms with E-state index in [0.717, 1.165) is 7.11 Å². The van der Waals surface area contributed by atoms with E-state index < -0.39 is 22.0 Å². The van der Waals surface area contributed by atoms with Gasteiger partial charge in [-0.1, -0.05) is 0 Å². The van der Waals surface area contributed by atoms with E-state index in [0.29, 0.717) is 3.57 Å². The molecule has 11 nitrogen and oxygen atoms in total. The number of rotatable bonds is 4. The molecule has 1 heterocycles. The summed E-state index contributed by atoms with van der Waals surface area (Å²) in [4.78, 5) is 35.0. The summed E-state index contributed by atoms with van der Waals surface area (Å²) >= 11 is 1.89. The quantitative estimate of drug-likeness (QED) is 0.468. The lowest BCUT2D eigenvalue weighted by Crippen LogP contribution is -2.16. The molecule has 0 radical (unpaired) electrons. The van der Waals surface area contributed by atoms with Crippen LogP contribution in [-0.2, 0) is 14.7 Å². The van der Waals surface area contributed by atoms with Crippen molar-refractivity contribution in [2.24, 2.45) is 4.36 Å². The standard InChI is InChI=1S/C14H14IN5O6S/c1-7-16-12(19-14(17-7)26-3)18-13(22)20-27(23,24)10-6-8(15)4-5-9(10)11(21)25-2/h4-6H,1-3H3,(H2,16,17,18,19,20,22,23,24). The van der Waals surface area contributed by atoms with Gasteiger partial charge in [-0.15, -0.1) is 4.36 Å². The highest BCUT2D eigenvalue weighted by Crippen LogP contribution is 2.22. The summed E-state index contributed by atoms with van der Waals surface area (Å²) in [6, 6.07) is 2.89. The molecular weight excluding hydrogens is 493 g/mol. The van der Waals surface area contributed by atoms with E-state index in [-0.39, 0.29) is 28.2 Å². The highest BCUT2D eigenvalue weighted by atomic mass is 127. The van der Waals surface area contributed by atoms with Gasteiger partial charge in [0.15, 0.2) is 0 Å². The predicted octanol–water partition coefficient (Wildman–Crippen LogP) is 2.11. The maximum Gasteiger partial charge on any atom is 0.358 e. The van der Waals surface area contributed by atoms with E-state index in [2.05, 4.69) is 29.4 Å². The fraction of sp³-hybridized carbons (Fsp3) is 0.214. The molecule has 13 heteroatoms. The molecule has 0 spiro atoms. The summed E-state index contributed by atoms with van der Waals surface area (Å²) in [6.07, 6.45) is 0. The maximum absolute atomic E-state index is 12.6. The van der Waals surface area contributed by atoms with Crippen LogP contribution in [0.15, 0.2) is 27.5 Å². The third-order valence-electron chi connectivity index (χ3n) is 2.97. The molecule has 1 aromatic heterocycles. The molecule has 2 amide bonds. The second kappa shape index (κ2) is 8.53. The molecule has 0 aliphatic rings. The zero-order chi connectivity index (χ0) is 20.2. The topological polar surface area (TPSA) is 153 Å². The Morgan fingerprint density at radius 2 is 1.96 bits per heavy atom. The van der Waals surface area contributed by atoms with Gasteiger partial charge in [0.25, 0.3) is 0 Å². The first-order valence-electron chi connectivity index (χ1n) is 7.11. The molecule has 2 N–H and O–H groups in total. The molecule has 0 saturated carbocycles. The first kappa shape index (κ1) is 20.9. The van der Waals surface area contributed by atoms with Crippen molar-refractivity contribution in [2.45, 2.75) is 11.8 Å². The van der Waals surface area contributed by atoms with Crippen LogP contribution >= 0.6 is 22.6 Å². The summed E-state index contributed by atoms with van der Waals surface area (Å²) in [5.74, 6) is -0.789. The lowest BCUT2D eigenvalue weighted by atomic mass is 10.2. The molecule has 0 aliphatic heterocycles. The normalized spacial score (nSPS) is 12.6. The van der Waals surface area contributed by atoms with Gasteiger partial charge in [0, 0.05) is 3.57 Å². The molecule has 27 heavy (non-hydrogen) atoms. The number of nitrogens with one attached hydrogen (secondary N) is 1. The Bertz CT molecular complexity index is 1020. The van der Waals surface area contributed by atoms with Crippen LogP contribution in [0.25, 0.3) is 0 Å². The van der Waals surface area contributed by atoms with Crippen molar-refractivity contribution >= 4 is 50.5 Å². The number of halogens is 1. The Kier molecular flexibility index (Phi) is 6.61. The zero-order valence-corrected chi connectivity index (χ0v) is 17.3. The molecule has 2 aromatic rings. The molecule has 2 rings (SSSR count). The summed E-state index contributed by atoms with van der Waals surface area (Å²) in [6.45, 7) is 1.54. The van der Waals surface area contributed by atoms with E-state index >= 15 is 0 Å². The number of benzene rings is 1. The number of aromatic nitrogens is 3. The Morgan fingerprint density at radius 3 is 2.59 bits per heavy atom. The number of amides is 2. The average Bonchev–Trinajstić information content (AvgIpc) is 2.59. The molecule has 0 aliphatic carbocycles. The number of methoxy groups -OCH3 is 2. The van der Waals surface area contributed by atoms with Crippen LogP contribution in [0.4, 0.5) is 10.7 Å². The van der Waals surface area contributed by atoms with Gasteiger partial charge >= 0.3 is 18.0 Å². The Labute approximate surface area is 168 Å². The number of hydrogen-bond acceptors (Lipinski definition) is 8. The smallest absolute Gasteiger partial charge is 0.358 e. The minimum absolute atomic E-state index is 0.0480. The molecule has 0 saturated heterocycles. The number of hydrogen-bond donors (Lipinski definition) is 2. The Morgan fingerprint density at radius 1 is 1.26 bits per heavy atom. The number of ether oxygens (including phenoxy) is 2. The van der Waals surface area contributed by atoms with Crippen LogP contribution in [0.3, 0.4) is 0 Å². The zero-order valence-electron chi connectivity index (χ0n) is 14.3. The third-order valence-corrected chi connectivity index (χ3v) is 4.97. The van der Waals surface area contributed by atoms with Gasteiger partial charge in [0.05, 0.1) is 24.7 Å². The summed E-state index contributed by atoms with van der Waals surface area (Å²) < 4.78 is 36.1.